The number of allylic oxidation sites excluding steroid dienone is 2. The molecular formula is C9H13N3. The quantitative estimate of drug-likeness (QED) is 0.581. The fourth-order valence-electron chi connectivity index (χ4n) is 1.28. The van der Waals surface area contributed by atoms with E-state index in [1.165, 1.54) is 0 Å². The Kier molecular flexibility index (Phi) is 1.64. The van der Waals surface area contributed by atoms with E-state index in [2.05, 4.69) is 35.1 Å². The van der Waals surface area contributed by atoms with Crippen molar-refractivity contribution in [3.05, 3.63) is 24.4 Å². The summed E-state index contributed by atoms with van der Waals surface area (Å²) in [7, 11) is 0. The van der Waals surface area contributed by atoms with Gasteiger partial charge in [0.25, 0.3) is 0 Å². The van der Waals surface area contributed by atoms with Crippen LogP contribution < -0.4 is 0 Å². The molecule has 2 heterocycles. The monoisotopic (exact) mass is 163 g/mol. The number of hydrogen-bond acceptors (Lipinski definition) is 3. The van der Waals surface area contributed by atoms with Crippen LogP contribution in [0.4, 0.5) is 0 Å². The molecule has 0 saturated carbocycles. The molecule has 2 aliphatic heterocycles. The number of hydrazone groups is 1. The number of nitrogens with zero attached hydrogens (tertiary/aromatic N) is 3. The van der Waals surface area contributed by atoms with Gasteiger partial charge in [-0.1, -0.05) is 6.08 Å². The van der Waals surface area contributed by atoms with Crippen LogP contribution in [0.2, 0.25) is 0 Å². The lowest BCUT2D eigenvalue weighted by Gasteiger charge is -2.20. The highest BCUT2D eigenvalue weighted by molar-refractivity contribution is 5.95. The second-order valence-corrected chi connectivity index (χ2v) is 3.30. The Morgan fingerprint density at radius 1 is 1.42 bits per heavy atom. The third-order valence-corrected chi connectivity index (χ3v) is 2.04. The average Bonchev–Trinajstić information content (AvgIpc) is 2.46. The third-order valence-electron chi connectivity index (χ3n) is 2.04. The minimum atomic E-state index is 0.477. The Balaban J connectivity index is 2.17. The Morgan fingerprint density at radius 2 is 2.25 bits per heavy atom. The molecule has 12 heavy (non-hydrogen) atoms. The van der Waals surface area contributed by atoms with Gasteiger partial charge in [-0.2, -0.15) is 5.10 Å². The normalized spacial score (nSPS) is 20.4. The van der Waals surface area contributed by atoms with E-state index >= 15 is 0 Å². The maximum absolute atomic E-state index is 4.45. The molecule has 64 valence electrons. The molecule has 0 spiro atoms. The van der Waals surface area contributed by atoms with Crippen LogP contribution in [0.1, 0.15) is 13.8 Å². The highest BCUT2D eigenvalue weighted by Crippen LogP contribution is 2.14. The predicted octanol–water partition coefficient (Wildman–Crippen LogP) is 1.37. The van der Waals surface area contributed by atoms with Crippen molar-refractivity contribution in [1.29, 1.82) is 0 Å². The van der Waals surface area contributed by atoms with Crippen LogP contribution in [0.15, 0.2) is 29.5 Å². The summed E-state index contributed by atoms with van der Waals surface area (Å²) in [4.78, 5) is 2.14. The molecule has 0 radical (unpaired) electrons. The summed E-state index contributed by atoms with van der Waals surface area (Å²) in [6, 6.07) is 0.477. The van der Waals surface area contributed by atoms with E-state index in [-0.39, 0.29) is 0 Å². The van der Waals surface area contributed by atoms with E-state index < -0.39 is 0 Å². The number of hydrogen-bond donors (Lipinski definition) is 0. The molecule has 0 aromatic rings. The predicted molar refractivity (Wildman–Crippen MR) is 49.4 cm³/mol. The summed E-state index contributed by atoms with van der Waals surface area (Å²) in [5, 5.41) is 6.53. The molecule has 0 atom stereocenters. The van der Waals surface area contributed by atoms with Gasteiger partial charge in [0, 0.05) is 12.2 Å². The van der Waals surface area contributed by atoms with Crippen LogP contribution in [-0.2, 0) is 0 Å². The highest BCUT2D eigenvalue weighted by Gasteiger charge is 2.21. The molecule has 3 heteroatoms. The van der Waals surface area contributed by atoms with Crippen LogP contribution in [0.3, 0.4) is 0 Å². The molecule has 0 bridgehead atoms. The van der Waals surface area contributed by atoms with Crippen LogP contribution in [0.5, 0.6) is 0 Å². The van der Waals surface area contributed by atoms with Crippen LogP contribution >= 0.6 is 0 Å². The van der Waals surface area contributed by atoms with Crippen molar-refractivity contribution in [1.82, 2.24) is 9.91 Å². The molecule has 0 unspecified atom stereocenters. The maximum atomic E-state index is 4.45. The zero-order valence-corrected chi connectivity index (χ0v) is 7.44. The van der Waals surface area contributed by atoms with Gasteiger partial charge in [0.1, 0.15) is 6.67 Å². The minimum absolute atomic E-state index is 0.477. The third kappa shape index (κ3) is 1.11. The summed E-state index contributed by atoms with van der Waals surface area (Å²) in [6.07, 6.45) is 8.13. The van der Waals surface area contributed by atoms with E-state index in [4.69, 9.17) is 0 Å². The fourth-order valence-corrected chi connectivity index (χ4v) is 1.28. The number of amidine groups is 1. The average molecular weight is 163 g/mol. The van der Waals surface area contributed by atoms with Crippen molar-refractivity contribution in [2.75, 3.05) is 6.67 Å². The Bertz CT molecular complexity index is 263. The first kappa shape index (κ1) is 7.40. The van der Waals surface area contributed by atoms with Gasteiger partial charge in [0.2, 0.25) is 0 Å². The molecule has 0 aromatic heterocycles. The van der Waals surface area contributed by atoms with Crippen LogP contribution in [-0.4, -0.2) is 28.5 Å². The molecule has 0 saturated heterocycles. The molecule has 2 aliphatic rings. The van der Waals surface area contributed by atoms with Gasteiger partial charge in [0.05, 0.1) is 0 Å². The summed E-state index contributed by atoms with van der Waals surface area (Å²) < 4.78 is 0. The maximum Gasteiger partial charge on any atom is 0.154 e. The molecule has 0 aromatic carbocycles. The molecule has 0 amide bonds. The molecule has 2 rings (SSSR count). The Hall–Kier alpha value is -1.25. The van der Waals surface area contributed by atoms with Crippen LogP contribution in [0.25, 0.3) is 0 Å². The standard InChI is InChI=1S/C9H13N3/c1-8(2)12-7-11-6-4-3-5-9(11)10-12/h3-6,8H,7H2,1-2H3. The summed E-state index contributed by atoms with van der Waals surface area (Å²) in [6.45, 7) is 5.18. The van der Waals surface area contributed by atoms with Crippen molar-refractivity contribution in [2.45, 2.75) is 19.9 Å². The second-order valence-electron chi connectivity index (χ2n) is 3.30. The van der Waals surface area contributed by atoms with Crippen molar-refractivity contribution >= 4 is 5.84 Å². The summed E-state index contributed by atoms with van der Waals surface area (Å²) in [5.74, 6) is 1.05. The summed E-state index contributed by atoms with van der Waals surface area (Å²) >= 11 is 0. The smallest absolute Gasteiger partial charge is 0.154 e. The lowest BCUT2D eigenvalue weighted by Crippen LogP contribution is -2.29. The minimum Gasteiger partial charge on any atom is -0.312 e. The first-order valence-electron chi connectivity index (χ1n) is 4.24. The zero-order chi connectivity index (χ0) is 8.55. The zero-order valence-electron chi connectivity index (χ0n) is 7.44. The van der Waals surface area contributed by atoms with Gasteiger partial charge in [-0.15, -0.1) is 0 Å². The Morgan fingerprint density at radius 3 is 2.92 bits per heavy atom. The molecular weight excluding hydrogens is 150 g/mol. The molecule has 3 nitrogen and oxygen atoms in total. The van der Waals surface area contributed by atoms with Crippen molar-refractivity contribution in [2.24, 2.45) is 5.10 Å². The Labute approximate surface area is 72.7 Å². The van der Waals surface area contributed by atoms with Gasteiger partial charge in [-0.25, -0.2) is 0 Å². The van der Waals surface area contributed by atoms with E-state index in [9.17, 15) is 0 Å². The fraction of sp³-hybridized carbons (Fsp3) is 0.444. The SMILES string of the molecule is CC(C)N1CN2C=CC=CC2=N1. The van der Waals surface area contributed by atoms with E-state index in [0.717, 1.165) is 12.5 Å². The van der Waals surface area contributed by atoms with E-state index in [1.54, 1.807) is 0 Å². The highest BCUT2D eigenvalue weighted by atomic mass is 15.6. The molecule has 0 N–H and O–H groups in total. The van der Waals surface area contributed by atoms with Crippen molar-refractivity contribution < 1.29 is 0 Å². The molecule has 0 fully saturated rings. The number of rotatable bonds is 1. The van der Waals surface area contributed by atoms with E-state index in [0.29, 0.717) is 6.04 Å². The van der Waals surface area contributed by atoms with Gasteiger partial charge >= 0.3 is 0 Å². The van der Waals surface area contributed by atoms with Gasteiger partial charge in [-0.3, -0.25) is 5.01 Å². The van der Waals surface area contributed by atoms with Crippen molar-refractivity contribution in [3.63, 3.8) is 0 Å². The van der Waals surface area contributed by atoms with Gasteiger partial charge in [-0.05, 0) is 26.0 Å². The second kappa shape index (κ2) is 2.66. The molecule has 0 aliphatic carbocycles. The largest absolute Gasteiger partial charge is 0.312 e. The first-order chi connectivity index (χ1) is 5.77. The van der Waals surface area contributed by atoms with E-state index in [1.807, 2.05) is 18.2 Å². The number of fused-ring (bicyclic) bond motifs is 1. The summed E-state index contributed by atoms with van der Waals surface area (Å²) in [5.41, 5.74) is 0. The van der Waals surface area contributed by atoms with Crippen LogP contribution in [0, 0.1) is 0 Å². The first-order valence-corrected chi connectivity index (χ1v) is 4.24. The van der Waals surface area contributed by atoms with Gasteiger partial charge < -0.3 is 4.90 Å². The topological polar surface area (TPSA) is 18.8 Å². The van der Waals surface area contributed by atoms with Crippen molar-refractivity contribution in [3.8, 4) is 0 Å². The lowest BCUT2D eigenvalue weighted by molar-refractivity contribution is 0.214. The van der Waals surface area contributed by atoms with Gasteiger partial charge in [0.15, 0.2) is 5.84 Å². The lowest BCUT2D eigenvalue weighted by atomic mass is 10.3.